The van der Waals surface area contributed by atoms with Crippen molar-refractivity contribution < 1.29 is 14.3 Å². The van der Waals surface area contributed by atoms with Gasteiger partial charge >= 0.3 is 6.09 Å². The molecule has 1 N–H and O–H groups in total. The molecule has 2 amide bonds. The molecule has 0 aliphatic carbocycles. The zero-order chi connectivity index (χ0) is 31.6. The van der Waals surface area contributed by atoms with E-state index in [-0.39, 0.29) is 12.0 Å². The van der Waals surface area contributed by atoms with Crippen LogP contribution in [0.4, 0.5) is 4.79 Å². The van der Waals surface area contributed by atoms with Gasteiger partial charge in [0.15, 0.2) is 0 Å². The van der Waals surface area contributed by atoms with Gasteiger partial charge in [0.2, 0.25) is 5.91 Å². The molecule has 2 saturated heterocycles. The Morgan fingerprint density at radius 1 is 1.00 bits per heavy atom. The van der Waals surface area contributed by atoms with Crippen LogP contribution in [0.25, 0.3) is 6.08 Å². The number of carbonyl (C=O) groups excluding carboxylic acids is 2. The van der Waals surface area contributed by atoms with E-state index in [1.54, 1.807) is 33.9 Å². The van der Waals surface area contributed by atoms with Crippen molar-refractivity contribution in [3.05, 3.63) is 73.7 Å². The van der Waals surface area contributed by atoms with Gasteiger partial charge in [-0.1, -0.05) is 40.9 Å². The van der Waals surface area contributed by atoms with Crippen LogP contribution in [0.1, 0.15) is 86.5 Å². The number of aromatic nitrogens is 4. The summed E-state index contributed by atoms with van der Waals surface area (Å²) in [7, 11) is 0. The lowest BCUT2D eigenvalue weighted by Gasteiger charge is -2.33. The van der Waals surface area contributed by atoms with Crippen molar-refractivity contribution in [1.29, 1.82) is 0 Å². The fraction of sp³-hybridized carbons (Fsp3) is 0.500. The van der Waals surface area contributed by atoms with Gasteiger partial charge < -0.3 is 14.5 Å². The van der Waals surface area contributed by atoms with Gasteiger partial charge in [0.05, 0.1) is 17.9 Å². The number of amides is 2. The second-order valence-electron chi connectivity index (χ2n) is 12.6. The summed E-state index contributed by atoms with van der Waals surface area (Å²) in [5.74, 6) is 0.584. The van der Waals surface area contributed by atoms with Gasteiger partial charge in [-0.15, -0.1) is 0 Å². The van der Waals surface area contributed by atoms with E-state index in [0.717, 1.165) is 48.3 Å². The molecule has 0 radical (unpaired) electrons. The first-order chi connectivity index (χ1) is 20.9. The number of nitrogens with one attached hydrogen (secondary N) is 1. The second kappa shape index (κ2) is 13.5. The summed E-state index contributed by atoms with van der Waals surface area (Å²) in [6, 6.07) is 7.49. The van der Waals surface area contributed by atoms with Crippen LogP contribution in [-0.4, -0.2) is 73.6 Å². The average molecular weight is 662 g/mol. The fourth-order valence-corrected chi connectivity index (χ4v) is 6.56. The maximum absolute atomic E-state index is 13.1. The summed E-state index contributed by atoms with van der Waals surface area (Å²) < 4.78 is 7.19. The van der Waals surface area contributed by atoms with Gasteiger partial charge in [-0.05, 0) is 83.2 Å². The quantitative estimate of drug-likeness (QED) is 0.277. The van der Waals surface area contributed by atoms with E-state index in [4.69, 9.17) is 39.5 Å². The van der Waals surface area contributed by atoms with Gasteiger partial charge in [-0.25, -0.2) is 9.48 Å². The lowest BCUT2D eigenvalue weighted by atomic mass is 9.90. The molecular formula is C32H39Cl3N6O3. The van der Waals surface area contributed by atoms with E-state index in [1.807, 2.05) is 38.7 Å². The van der Waals surface area contributed by atoms with Crippen LogP contribution in [0.15, 0.2) is 30.3 Å². The summed E-state index contributed by atoms with van der Waals surface area (Å²) in [6.45, 7) is 10.6. The average Bonchev–Trinajstić information content (AvgIpc) is 3.57. The van der Waals surface area contributed by atoms with Crippen molar-refractivity contribution in [2.24, 2.45) is 0 Å². The molecule has 0 bridgehead atoms. The first-order valence-corrected chi connectivity index (χ1v) is 16.2. The maximum Gasteiger partial charge on any atom is 0.410 e. The highest BCUT2D eigenvalue weighted by Gasteiger charge is 2.30. The Labute approximate surface area is 273 Å². The third-order valence-corrected chi connectivity index (χ3v) is 9.25. The topological polar surface area (TPSA) is 96.4 Å². The Morgan fingerprint density at radius 3 is 2.32 bits per heavy atom. The monoisotopic (exact) mass is 660 g/mol. The number of H-pyrrole nitrogens is 1. The van der Waals surface area contributed by atoms with Gasteiger partial charge in [-0.3, -0.25) is 9.89 Å². The van der Waals surface area contributed by atoms with Crippen LogP contribution < -0.4 is 0 Å². The lowest BCUT2D eigenvalue weighted by molar-refractivity contribution is -0.127. The van der Waals surface area contributed by atoms with Crippen LogP contribution >= 0.6 is 34.8 Å². The smallest absolute Gasteiger partial charge is 0.410 e. The van der Waals surface area contributed by atoms with Crippen LogP contribution in [0.3, 0.4) is 0 Å². The Morgan fingerprint density at radius 2 is 1.66 bits per heavy atom. The summed E-state index contributed by atoms with van der Waals surface area (Å²) in [6.07, 6.45) is 6.51. The Kier molecular flexibility index (Phi) is 9.97. The number of aromatic amines is 1. The standard InChI is InChI=1S/C32H39Cl3N6O3/c1-20-25(30(35)41(38-20)19-23-5-6-24(33)17-26(23)34)7-8-29(42)39-13-9-21(10-14-39)27-18-28(37-36-27)22-11-15-40(16-12-22)31(43)44-32(2,3)4/h5-8,17-18,21-22H,9-16,19H2,1-4H3,(H,36,37)/b8-7+. The first kappa shape index (κ1) is 32.4. The number of piperidine rings is 2. The molecule has 236 valence electrons. The van der Waals surface area contributed by atoms with Crippen molar-refractivity contribution >= 4 is 52.9 Å². The number of hydrogen-bond donors (Lipinski definition) is 1. The molecule has 44 heavy (non-hydrogen) atoms. The van der Waals surface area contributed by atoms with E-state index < -0.39 is 5.60 Å². The molecule has 2 aromatic heterocycles. The van der Waals surface area contributed by atoms with E-state index in [9.17, 15) is 9.59 Å². The highest BCUT2D eigenvalue weighted by atomic mass is 35.5. The van der Waals surface area contributed by atoms with Crippen molar-refractivity contribution in [3.8, 4) is 0 Å². The molecule has 0 spiro atoms. The molecule has 4 heterocycles. The van der Waals surface area contributed by atoms with Crippen LogP contribution in [0.2, 0.25) is 15.2 Å². The van der Waals surface area contributed by atoms with E-state index in [0.29, 0.717) is 65.3 Å². The largest absolute Gasteiger partial charge is 0.444 e. The minimum absolute atomic E-state index is 0.0492. The number of rotatable bonds is 6. The molecule has 2 aliphatic rings. The molecule has 0 atom stereocenters. The Bertz CT molecular complexity index is 1530. The molecule has 9 nitrogen and oxygen atoms in total. The van der Waals surface area contributed by atoms with Crippen LogP contribution in [0.5, 0.6) is 0 Å². The fourth-order valence-electron chi connectivity index (χ4n) is 5.80. The molecular weight excluding hydrogens is 623 g/mol. The highest BCUT2D eigenvalue weighted by Crippen LogP contribution is 2.33. The molecule has 1 aromatic carbocycles. The lowest BCUT2D eigenvalue weighted by Crippen LogP contribution is -2.41. The van der Waals surface area contributed by atoms with Crippen molar-refractivity contribution in [1.82, 2.24) is 29.8 Å². The van der Waals surface area contributed by atoms with Crippen LogP contribution in [-0.2, 0) is 16.1 Å². The highest BCUT2D eigenvalue weighted by molar-refractivity contribution is 6.35. The third kappa shape index (κ3) is 7.79. The van der Waals surface area contributed by atoms with Gasteiger partial charge in [0.1, 0.15) is 10.8 Å². The molecule has 0 saturated carbocycles. The SMILES string of the molecule is Cc1nn(Cc2ccc(Cl)cc2Cl)c(Cl)c1/C=C/C(=O)N1CCC(c2cc(C3CCN(C(=O)OC(C)(C)C)CC3)[nH]n2)CC1. The van der Waals surface area contributed by atoms with Crippen LogP contribution in [0, 0.1) is 6.92 Å². The molecule has 2 fully saturated rings. The Balaban J connectivity index is 1.12. The van der Waals surface area contributed by atoms with Crippen molar-refractivity contribution in [3.63, 3.8) is 0 Å². The van der Waals surface area contributed by atoms with E-state index >= 15 is 0 Å². The molecule has 0 unspecified atom stereocenters. The molecule has 3 aromatic rings. The number of halogens is 3. The van der Waals surface area contributed by atoms with Crippen molar-refractivity contribution in [2.75, 3.05) is 26.2 Å². The minimum atomic E-state index is -0.492. The van der Waals surface area contributed by atoms with Crippen molar-refractivity contribution in [2.45, 2.75) is 77.4 Å². The summed E-state index contributed by atoms with van der Waals surface area (Å²) in [5.41, 5.74) is 3.97. The number of benzene rings is 1. The number of carbonyl (C=O) groups is 2. The van der Waals surface area contributed by atoms with Gasteiger partial charge in [0.25, 0.3) is 0 Å². The number of ether oxygens (including phenoxy) is 1. The zero-order valence-electron chi connectivity index (χ0n) is 25.6. The van der Waals surface area contributed by atoms with Gasteiger partial charge in [0, 0.05) is 65.4 Å². The Hall–Kier alpha value is -3.01. The minimum Gasteiger partial charge on any atom is -0.444 e. The van der Waals surface area contributed by atoms with Gasteiger partial charge in [-0.2, -0.15) is 10.2 Å². The normalized spacial score (nSPS) is 17.1. The summed E-state index contributed by atoms with van der Waals surface area (Å²) in [4.78, 5) is 29.1. The number of likely N-dealkylation sites (tertiary alicyclic amines) is 2. The maximum atomic E-state index is 13.1. The van der Waals surface area contributed by atoms with E-state index in [1.165, 1.54) is 0 Å². The molecule has 2 aliphatic heterocycles. The number of hydrogen-bond acceptors (Lipinski definition) is 5. The first-order valence-electron chi connectivity index (χ1n) is 15.0. The predicted molar refractivity (Wildman–Crippen MR) is 173 cm³/mol. The van der Waals surface area contributed by atoms with E-state index in [2.05, 4.69) is 21.4 Å². The summed E-state index contributed by atoms with van der Waals surface area (Å²) in [5, 5.41) is 14.0. The number of nitrogens with zero attached hydrogens (tertiary/aromatic N) is 5. The third-order valence-electron chi connectivity index (χ3n) is 8.27. The molecule has 12 heteroatoms. The second-order valence-corrected chi connectivity index (χ2v) is 13.8. The predicted octanol–water partition coefficient (Wildman–Crippen LogP) is 7.46. The molecule has 5 rings (SSSR count). The summed E-state index contributed by atoms with van der Waals surface area (Å²) >= 11 is 19.0. The zero-order valence-corrected chi connectivity index (χ0v) is 27.8. The number of aryl methyl sites for hydroxylation is 1.